The van der Waals surface area contributed by atoms with Gasteiger partial charge in [0, 0.05) is 19.4 Å². The lowest BCUT2D eigenvalue weighted by Gasteiger charge is -2.22. The van der Waals surface area contributed by atoms with Crippen LogP contribution in [0.1, 0.15) is 28.3 Å². The Morgan fingerprint density at radius 1 is 1.21 bits per heavy atom. The number of fused-ring (bicyclic) bond motifs is 1. The van der Waals surface area contributed by atoms with Gasteiger partial charge < -0.3 is 20.1 Å². The first-order valence-electron chi connectivity index (χ1n) is 9.01. The number of hydrogen-bond donors (Lipinski definition) is 2. The lowest BCUT2D eigenvalue weighted by molar-refractivity contribution is -0.116. The molecule has 0 spiro atoms. The summed E-state index contributed by atoms with van der Waals surface area (Å²) in [5.41, 5.74) is 2.08. The number of amides is 1. The fraction of sp³-hybridized carbons (Fsp3) is 0.238. The quantitative estimate of drug-likeness (QED) is 0.653. The first-order chi connectivity index (χ1) is 13.7. The highest BCUT2D eigenvalue weighted by Crippen LogP contribution is 2.44. The largest absolute Gasteiger partial charge is 0.493 e. The molecule has 2 N–H and O–H groups in total. The van der Waals surface area contributed by atoms with Crippen molar-refractivity contribution in [3.05, 3.63) is 64.5 Å². The third-order valence-electron chi connectivity index (χ3n) is 4.66. The van der Waals surface area contributed by atoms with Gasteiger partial charge in [0.05, 0.1) is 12.0 Å². The summed E-state index contributed by atoms with van der Waals surface area (Å²) in [7, 11) is 3.45. The number of carbonyl (C=O) groups excluding carboxylic acids is 1. The lowest BCUT2D eigenvalue weighted by atomic mass is 9.91. The van der Waals surface area contributed by atoms with Gasteiger partial charge in [-0.2, -0.15) is 0 Å². The highest BCUT2D eigenvalue weighted by molar-refractivity contribution is 7.16. The first kappa shape index (κ1) is 18.3. The molecule has 144 valence electrons. The average Bonchev–Trinajstić information content (AvgIpc) is 3.15. The summed E-state index contributed by atoms with van der Waals surface area (Å²) in [6.45, 7) is 0.446. The standard InChI is InChI=1S/C21H21N3O3S/c1-22-21-24-20-19(28-21)15(11-18(25)23-20)14-8-9-16(26-2)17(10-14)27-12-13-6-4-3-5-7-13/h3-10,15H,11-12H2,1-2H3,(H,22,24)(H,23,25). The van der Waals surface area contributed by atoms with Crippen LogP contribution in [0.15, 0.2) is 48.5 Å². The summed E-state index contributed by atoms with van der Waals surface area (Å²) in [4.78, 5) is 17.7. The molecular weight excluding hydrogens is 374 g/mol. The van der Waals surface area contributed by atoms with Gasteiger partial charge in [-0.3, -0.25) is 4.79 Å². The number of hydrogen-bond acceptors (Lipinski definition) is 6. The normalized spacial score (nSPS) is 15.5. The molecule has 0 aliphatic carbocycles. The maximum atomic E-state index is 12.2. The van der Waals surface area contributed by atoms with Gasteiger partial charge in [-0.15, -0.1) is 0 Å². The number of thiazole rings is 1. The molecule has 0 saturated carbocycles. The number of anilines is 2. The summed E-state index contributed by atoms with van der Waals surface area (Å²) in [5, 5.41) is 6.70. The van der Waals surface area contributed by atoms with Crippen molar-refractivity contribution in [3.8, 4) is 11.5 Å². The van der Waals surface area contributed by atoms with Gasteiger partial charge in [-0.1, -0.05) is 47.7 Å². The maximum absolute atomic E-state index is 12.2. The maximum Gasteiger partial charge on any atom is 0.226 e. The molecule has 1 aromatic heterocycles. The molecule has 2 aromatic carbocycles. The van der Waals surface area contributed by atoms with Crippen molar-refractivity contribution in [2.75, 3.05) is 24.8 Å². The molecule has 2 heterocycles. The Bertz CT molecular complexity index is 988. The van der Waals surface area contributed by atoms with Gasteiger partial charge in [0.2, 0.25) is 5.91 Å². The lowest BCUT2D eigenvalue weighted by Crippen LogP contribution is -2.22. The van der Waals surface area contributed by atoms with Crippen molar-refractivity contribution < 1.29 is 14.3 Å². The number of carbonyl (C=O) groups is 1. The zero-order chi connectivity index (χ0) is 19.5. The van der Waals surface area contributed by atoms with Crippen LogP contribution in [0.4, 0.5) is 10.9 Å². The van der Waals surface area contributed by atoms with Crippen LogP contribution in [0.25, 0.3) is 0 Å². The number of methoxy groups -OCH3 is 1. The predicted molar refractivity (Wildman–Crippen MR) is 111 cm³/mol. The number of ether oxygens (including phenoxy) is 2. The molecule has 1 aliphatic heterocycles. The van der Waals surface area contributed by atoms with Crippen LogP contribution < -0.4 is 20.1 Å². The number of rotatable bonds is 6. The summed E-state index contributed by atoms with van der Waals surface area (Å²) in [5.74, 6) is 1.87. The van der Waals surface area contributed by atoms with E-state index in [1.54, 1.807) is 18.4 Å². The summed E-state index contributed by atoms with van der Waals surface area (Å²) in [6, 6.07) is 15.8. The fourth-order valence-electron chi connectivity index (χ4n) is 3.25. The van der Waals surface area contributed by atoms with E-state index >= 15 is 0 Å². The van der Waals surface area contributed by atoms with Crippen LogP contribution in [0.2, 0.25) is 0 Å². The average molecular weight is 395 g/mol. The van der Waals surface area contributed by atoms with Crippen molar-refractivity contribution >= 4 is 28.2 Å². The molecule has 6 nitrogen and oxygen atoms in total. The van der Waals surface area contributed by atoms with Gasteiger partial charge in [0.25, 0.3) is 0 Å². The minimum atomic E-state index is -0.0617. The van der Waals surface area contributed by atoms with Crippen molar-refractivity contribution in [1.82, 2.24) is 4.98 Å². The van der Waals surface area contributed by atoms with Crippen molar-refractivity contribution in [1.29, 1.82) is 0 Å². The Morgan fingerprint density at radius 2 is 2.04 bits per heavy atom. The second kappa shape index (κ2) is 7.90. The van der Waals surface area contributed by atoms with Crippen LogP contribution in [-0.2, 0) is 11.4 Å². The van der Waals surface area contributed by atoms with E-state index in [2.05, 4.69) is 15.6 Å². The summed E-state index contributed by atoms with van der Waals surface area (Å²) < 4.78 is 11.5. The molecule has 28 heavy (non-hydrogen) atoms. The molecule has 0 radical (unpaired) electrons. The van der Waals surface area contributed by atoms with E-state index in [-0.39, 0.29) is 11.8 Å². The minimum Gasteiger partial charge on any atom is -0.493 e. The SMILES string of the molecule is CNc1nc2c(s1)C(c1ccc(OC)c(OCc3ccccc3)c1)CC(=O)N2. The van der Waals surface area contributed by atoms with E-state index in [1.807, 2.05) is 55.6 Å². The molecular formula is C21H21N3O3S. The van der Waals surface area contributed by atoms with E-state index in [0.29, 0.717) is 30.3 Å². The zero-order valence-electron chi connectivity index (χ0n) is 15.7. The van der Waals surface area contributed by atoms with Crippen LogP contribution >= 0.6 is 11.3 Å². The van der Waals surface area contributed by atoms with Crippen LogP contribution in [0.3, 0.4) is 0 Å². The van der Waals surface area contributed by atoms with Crippen molar-refractivity contribution in [3.63, 3.8) is 0 Å². The van der Waals surface area contributed by atoms with Gasteiger partial charge in [-0.05, 0) is 23.3 Å². The third kappa shape index (κ3) is 3.66. The Hall–Kier alpha value is -3.06. The van der Waals surface area contributed by atoms with E-state index in [1.165, 1.54) is 0 Å². The highest BCUT2D eigenvalue weighted by Gasteiger charge is 2.30. The van der Waals surface area contributed by atoms with Crippen molar-refractivity contribution in [2.24, 2.45) is 0 Å². The van der Waals surface area contributed by atoms with Crippen molar-refractivity contribution in [2.45, 2.75) is 18.9 Å². The van der Waals surface area contributed by atoms with Gasteiger partial charge in [0.1, 0.15) is 12.4 Å². The molecule has 1 atom stereocenters. The zero-order valence-corrected chi connectivity index (χ0v) is 16.5. The Morgan fingerprint density at radius 3 is 2.79 bits per heavy atom. The molecule has 1 amide bonds. The highest BCUT2D eigenvalue weighted by atomic mass is 32.1. The fourth-order valence-corrected chi connectivity index (χ4v) is 4.26. The first-order valence-corrected chi connectivity index (χ1v) is 9.82. The van der Waals surface area contributed by atoms with E-state index < -0.39 is 0 Å². The number of nitrogens with one attached hydrogen (secondary N) is 2. The van der Waals surface area contributed by atoms with Gasteiger partial charge in [0.15, 0.2) is 16.6 Å². The number of aromatic nitrogens is 1. The van der Waals surface area contributed by atoms with E-state index in [4.69, 9.17) is 9.47 Å². The number of nitrogens with zero attached hydrogens (tertiary/aromatic N) is 1. The molecule has 7 heteroatoms. The monoisotopic (exact) mass is 395 g/mol. The van der Waals surface area contributed by atoms with Crippen LogP contribution in [0.5, 0.6) is 11.5 Å². The molecule has 0 saturated heterocycles. The molecule has 0 fully saturated rings. The Kier molecular flexibility index (Phi) is 5.16. The predicted octanol–water partition coefficient (Wildman–Crippen LogP) is 4.25. The third-order valence-corrected chi connectivity index (χ3v) is 5.84. The van der Waals surface area contributed by atoms with Gasteiger partial charge >= 0.3 is 0 Å². The Balaban J connectivity index is 1.65. The topological polar surface area (TPSA) is 72.5 Å². The summed E-state index contributed by atoms with van der Waals surface area (Å²) >= 11 is 1.56. The molecule has 1 aliphatic rings. The molecule has 0 bridgehead atoms. The number of benzene rings is 2. The molecule has 4 rings (SSSR count). The molecule has 1 unspecified atom stereocenters. The van der Waals surface area contributed by atoms with Crippen LogP contribution in [-0.4, -0.2) is 25.0 Å². The Labute approximate surface area is 167 Å². The van der Waals surface area contributed by atoms with Crippen LogP contribution in [0, 0.1) is 0 Å². The second-order valence-electron chi connectivity index (χ2n) is 6.47. The summed E-state index contributed by atoms with van der Waals surface area (Å²) in [6.07, 6.45) is 0.378. The van der Waals surface area contributed by atoms with E-state index in [0.717, 1.165) is 21.1 Å². The minimum absolute atomic E-state index is 0.0342. The second-order valence-corrected chi connectivity index (χ2v) is 7.50. The van der Waals surface area contributed by atoms with E-state index in [9.17, 15) is 4.79 Å². The van der Waals surface area contributed by atoms with Gasteiger partial charge in [-0.25, -0.2) is 4.98 Å². The molecule has 3 aromatic rings. The smallest absolute Gasteiger partial charge is 0.226 e.